The van der Waals surface area contributed by atoms with Gasteiger partial charge in [-0.2, -0.15) is 0 Å². The van der Waals surface area contributed by atoms with Crippen molar-refractivity contribution in [3.05, 3.63) is 212 Å². The van der Waals surface area contributed by atoms with Crippen LogP contribution in [0.3, 0.4) is 0 Å². The first-order chi connectivity index (χ1) is 26.3. The van der Waals surface area contributed by atoms with Crippen LogP contribution in [0.5, 0.6) is 0 Å². The van der Waals surface area contributed by atoms with Gasteiger partial charge in [0.05, 0.1) is 5.69 Å². The Balaban J connectivity index is 1.24. The Kier molecular flexibility index (Phi) is 7.55. The van der Waals surface area contributed by atoms with Crippen LogP contribution >= 0.6 is 0 Å². The molecule has 1 nitrogen and oxygen atoms in total. The van der Waals surface area contributed by atoms with Crippen LogP contribution in [0.25, 0.3) is 76.5 Å². The molecule has 0 N–H and O–H groups in total. The zero-order chi connectivity index (χ0) is 35.1. The summed E-state index contributed by atoms with van der Waals surface area (Å²) in [6.45, 7) is 0. The average Bonchev–Trinajstić information content (AvgIpc) is 3.24. The summed E-state index contributed by atoms with van der Waals surface area (Å²) in [6, 6.07) is 77.4. The van der Waals surface area contributed by atoms with Crippen LogP contribution in [0.2, 0.25) is 0 Å². The summed E-state index contributed by atoms with van der Waals surface area (Å²) in [4.78, 5) is 2.45. The van der Waals surface area contributed by atoms with Crippen molar-refractivity contribution >= 4 is 60.2 Å². The lowest BCUT2D eigenvalue weighted by Gasteiger charge is -2.29. The van der Waals surface area contributed by atoms with Crippen LogP contribution in [0.4, 0.5) is 17.1 Å². The Morgan fingerprint density at radius 2 is 0.774 bits per heavy atom. The summed E-state index contributed by atoms with van der Waals surface area (Å²) in [5, 5.41) is 9.89. The maximum Gasteiger partial charge on any atom is 0.0540 e. The average molecular weight is 674 g/mol. The summed E-state index contributed by atoms with van der Waals surface area (Å²) in [6.07, 6.45) is 0. The van der Waals surface area contributed by atoms with Gasteiger partial charge in [0.1, 0.15) is 0 Å². The van der Waals surface area contributed by atoms with E-state index in [-0.39, 0.29) is 0 Å². The Morgan fingerprint density at radius 1 is 0.245 bits per heavy atom. The van der Waals surface area contributed by atoms with E-state index >= 15 is 0 Å². The minimum absolute atomic E-state index is 1.10. The van der Waals surface area contributed by atoms with Crippen molar-refractivity contribution in [3.63, 3.8) is 0 Å². The predicted octanol–water partition coefficient (Wildman–Crippen LogP) is 14.8. The maximum atomic E-state index is 2.45. The lowest BCUT2D eigenvalue weighted by Crippen LogP contribution is -2.11. The molecule has 0 spiro atoms. The van der Waals surface area contributed by atoms with Crippen molar-refractivity contribution in [1.29, 1.82) is 0 Å². The second kappa shape index (κ2) is 13.0. The summed E-state index contributed by atoms with van der Waals surface area (Å²) < 4.78 is 0. The summed E-state index contributed by atoms with van der Waals surface area (Å²) in [5.74, 6) is 0. The number of anilines is 3. The lowest BCUT2D eigenvalue weighted by molar-refractivity contribution is 1.30. The van der Waals surface area contributed by atoms with Crippen LogP contribution in [0, 0.1) is 0 Å². The van der Waals surface area contributed by atoms with E-state index in [1.165, 1.54) is 76.5 Å². The van der Waals surface area contributed by atoms with E-state index in [4.69, 9.17) is 0 Å². The van der Waals surface area contributed by atoms with E-state index in [2.05, 4.69) is 217 Å². The van der Waals surface area contributed by atoms with Crippen LogP contribution in [-0.4, -0.2) is 0 Å². The van der Waals surface area contributed by atoms with Gasteiger partial charge in [0.25, 0.3) is 0 Å². The number of hydrogen-bond donors (Lipinski definition) is 0. The van der Waals surface area contributed by atoms with Crippen molar-refractivity contribution in [2.45, 2.75) is 0 Å². The molecule has 10 aromatic carbocycles. The first-order valence-electron chi connectivity index (χ1n) is 18.3. The van der Waals surface area contributed by atoms with Crippen molar-refractivity contribution in [2.75, 3.05) is 4.90 Å². The van der Waals surface area contributed by atoms with Crippen LogP contribution in [0.15, 0.2) is 212 Å². The van der Waals surface area contributed by atoms with Gasteiger partial charge in [-0.1, -0.05) is 176 Å². The van der Waals surface area contributed by atoms with Gasteiger partial charge in [-0.25, -0.2) is 0 Å². The SMILES string of the molecule is c1ccc(-c2ccc(N(c3ccc4ccc5ccccc5c4c3)c3ccc(-c4ccc5ccccc5c4)c4ccccc34)cc2-c2ccccc2)cc1. The Hall–Kier alpha value is -6.96. The molecule has 0 fully saturated rings. The molecule has 0 unspecified atom stereocenters. The highest BCUT2D eigenvalue weighted by atomic mass is 15.1. The molecule has 0 aliphatic heterocycles. The molecular weight excluding hydrogens is 639 g/mol. The van der Waals surface area contributed by atoms with Crippen LogP contribution < -0.4 is 4.90 Å². The fourth-order valence-electron chi connectivity index (χ4n) is 8.04. The van der Waals surface area contributed by atoms with Gasteiger partial charge < -0.3 is 4.90 Å². The zero-order valence-corrected chi connectivity index (χ0v) is 29.2. The molecular formula is C52H35N. The molecule has 0 aliphatic carbocycles. The van der Waals surface area contributed by atoms with E-state index in [9.17, 15) is 0 Å². The summed E-state index contributed by atoms with van der Waals surface area (Å²) >= 11 is 0. The molecule has 0 aromatic heterocycles. The van der Waals surface area contributed by atoms with Gasteiger partial charge in [0.15, 0.2) is 0 Å². The Morgan fingerprint density at radius 3 is 1.55 bits per heavy atom. The minimum atomic E-state index is 1.10. The third-order valence-electron chi connectivity index (χ3n) is 10.6. The molecule has 1 heteroatoms. The molecule has 10 aromatic rings. The van der Waals surface area contributed by atoms with Gasteiger partial charge in [0.2, 0.25) is 0 Å². The fourth-order valence-corrected chi connectivity index (χ4v) is 8.04. The number of nitrogens with zero attached hydrogens (tertiary/aromatic N) is 1. The number of benzene rings is 10. The van der Waals surface area contributed by atoms with E-state index in [1.807, 2.05) is 0 Å². The highest BCUT2D eigenvalue weighted by molar-refractivity contribution is 6.11. The van der Waals surface area contributed by atoms with Crippen molar-refractivity contribution in [2.24, 2.45) is 0 Å². The summed E-state index contributed by atoms with van der Waals surface area (Å²) in [5.41, 5.74) is 10.6. The van der Waals surface area contributed by atoms with Gasteiger partial charge >= 0.3 is 0 Å². The lowest BCUT2D eigenvalue weighted by atomic mass is 9.92. The molecule has 0 atom stereocenters. The normalized spacial score (nSPS) is 11.4. The van der Waals surface area contributed by atoms with Crippen LogP contribution in [-0.2, 0) is 0 Å². The van der Waals surface area contributed by atoms with Gasteiger partial charge in [-0.3, -0.25) is 0 Å². The number of fused-ring (bicyclic) bond motifs is 5. The molecule has 0 amide bonds. The Labute approximate surface area is 309 Å². The molecule has 10 rings (SSSR count). The number of hydrogen-bond acceptors (Lipinski definition) is 1. The highest BCUT2D eigenvalue weighted by Gasteiger charge is 2.20. The van der Waals surface area contributed by atoms with E-state index in [0.717, 1.165) is 17.1 Å². The van der Waals surface area contributed by atoms with E-state index in [1.54, 1.807) is 0 Å². The second-order valence-electron chi connectivity index (χ2n) is 13.7. The predicted molar refractivity (Wildman–Crippen MR) is 227 cm³/mol. The van der Waals surface area contributed by atoms with Crippen molar-refractivity contribution in [1.82, 2.24) is 0 Å². The third kappa shape index (κ3) is 5.51. The molecule has 0 saturated carbocycles. The maximum absolute atomic E-state index is 2.45. The summed E-state index contributed by atoms with van der Waals surface area (Å²) in [7, 11) is 0. The van der Waals surface area contributed by atoms with E-state index < -0.39 is 0 Å². The van der Waals surface area contributed by atoms with Crippen LogP contribution in [0.1, 0.15) is 0 Å². The topological polar surface area (TPSA) is 3.24 Å². The van der Waals surface area contributed by atoms with Gasteiger partial charge in [-0.15, -0.1) is 0 Å². The van der Waals surface area contributed by atoms with Gasteiger partial charge in [0, 0.05) is 16.8 Å². The standard InChI is InChI=1S/C52H35N/c1-3-14-37(15-4-1)46-30-29-44(35-50(46)38-16-5-2-6-17-38)53(43-28-27-40-25-24-39-18-9-10-20-45(39)51(40)34-43)52-32-31-47(48-21-11-12-22-49(48)52)42-26-23-36-13-7-8-19-41(36)33-42/h1-35H. The molecule has 0 aliphatic rings. The largest absolute Gasteiger partial charge is 0.310 e. The molecule has 53 heavy (non-hydrogen) atoms. The fraction of sp³-hybridized carbons (Fsp3) is 0. The quantitative estimate of drug-likeness (QED) is 0.159. The molecule has 0 radical (unpaired) electrons. The molecule has 0 bridgehead atoms. The van der Waals surface area contributed by atoms with Crippen molar-refractivity contribution < 1.29 is 0 Å². The Bertz CT molecular complexity index is 2940. The highest BCUT2D eigenvalue weighted by Crippen LogP contribution is 2.45. The van der Waals surface area contributed by atoms with Gasteiger partial charge in [-0.05, 0) is 107 Å². The molecule has 248 valence electrons. The van der Waals surface area contributed by atoms with Crippen molar-refractivity contribution in [3.8, 4) is 33.4 Å². The first-order valence-corrected chi connectivity index (χ1v) is 18.3. The van der Waals surface area contributed by atoms with E-state index in [0.29, 0.717) is 0 Å². The third-order valence-corrected chi connectivity index (χ3v) is 10.6. The smallest absolute Gasteiger partial charge is 0.0540 e. The first kappa shape index (κ1) is 30.8. The molecule has 0 saturated heterocycles. The second-order valence-corrected chi connectivity index (χ2v) is 13.7. The molecule has 0 heterocycles. The zero-order valence-electron chi connectivity index (χ0n) is 29.2. The number of rotatable bonds is 6. The monoisotopic (exact) mass is 673 g/mol. The minimum Gasteiger partial charge on any atom is -0.310 e.